The summed E-state index contributed by atoms with van der Waals surface area (Å²) in [6.45, 7) is 0.312. The molecule has 19 heavy (non-hydrogen) atoms. The van der Waals surface area contributed by atoms with Gasteiger partial charge in [0.25, 0.3) is 0 Å². The molecule has 4 rings (SSSR count). The molecule has 0 radical (unpaired) electrons. The Labute approximate surface area is 115 Å². The summed E-state index contributed by atoms with van der Waals surface area (Å²) in [4.78, 5) is 1.23. The van der Waals surface area contributed by atoms with Gasteiger partial charge in [0, 0.05) is 4.90 Å². The fourth-order valence-corrected chi connectivity index (χ4v) is 3.19. The summed E-state index contributed by atoms with van der Waals surface area (Å²) in [5.74, 6) is 1.63. The van der Waals surface area contributed by atoms with Gasteiger partial charge in [0.05, 0.1) is 0 Å². The highest BCUT2D eigenvalue weighted by molar-refractivity contribution is 8.00. The van der Waals surface area contributed by atoms with Gasteiger partial charge in [-0.3, -0.25) is 0 Å². The second-order valence-corrected chi connectivity index (χ2v) is 5.64. The summed E-state index contributed by atoms with van der Waals surface area (Å²) in [7, 11) is 0. The molecule has 0 bridgehead atoms. The van der Waals surface area contributed by atoms with Crippen LogP contribution in [-0.2, 0) is 4.74 Å². The van der Waals surface area contributed by atoms with E-state index in [1.54, 1.807) is 11.8 Å². The number of thioether (sulfide) groups is 1. The van der Waals surface area contributed by atoms with E-state index in [2.05, 4.69) is 12.1 Å². The van der Waals surface area contributed by atoms with Crippen molar-refractivity contribution in [3.05, 3.63) is 54.1 Å². The van der Waals surface area contributed by atoms with E-state index >= 15 is 0 Å². The summed E-state index contributed by atoms with van der Waals surface area (Å²) in [6.07, 6.45) is 0.153. The lowest BCUT2D eigenvalue weighted by Crippen LogP contribution is -1.92. The third kappa shape index (κ3) is 2.17. The molecule has 0 aliphatic carbocycles. The molecule has 2 aliphatic heterocycles. The van der Waals surface area contributed by atoms with Crippen molar-refractivity contribution in [3.63, 3.8) is 0 Å². The molecule has 2 aromatic carbocycles. The van der Waals surface area contributed by atoms with Crippen molar-refractivity contribution in [3.8, 4) is 11.5 Å². The van der Waals surface area contributed by atoms with E-state index in [0.29, 0.717) is 6.79 Å². The highest BCUT2D eigenvalue weighted by Gasteiger charge is 2.41. The first-order chi connectivity index (χ1) is 9.40. The molecule has 2 heterocycles. The monoisotopic (exact) mass is 272 g/mol. The predicted octanol–water partition coefficient (Wildman–Crippen LogP) is 3.61. The number of benzene rings is 2. The van der Waals surface area contributed by atoms with Crippen molar-refractivity contribution >= 4 is 11.8 Å². The van der Waals surface area contributed by atoms with Crippen LogP contribution in [0.2, 0.25) is 0 Å². The summed E-state index contributed by atoms with van der Waals surface area (Å²) < 4.78 is 16.4. The average Bonchev–Trinajstić information content (AvgIpc) is 3.05. The maximum Gasteiger partial charge on any atom is 0.231 e. The van der Waals surface area contributed by atoms with Crippen LogP contribution < -0.4 is 9.47 Å². The molecule has 96 valence electrons. The average molecular weight is 272 g/mol. The Balaban J connectivity index is 1.48. The van der Waals surface area contributed by atoms with Gasteiger partial charge in [-0.2, -0.15) is 0 Å². The lowest BCUT2D eigenvalue weighted by atomic mass is 10.1. The summed E-state index contributed by atoms with van der Waals surface area (Å²) in [5.41, 5.74) is 1.35. The Morgan fingerprint density at radius 3 is 2.68 bits per heavy atom. The van der Waals surface area contributed by atoms with Gasteiger partial charge < -0.3 is 14.2 Å². The van der Waals surface area contributed by atoms with Crippen LogP contribution in [0.25, 0.3) is 0 Å². The summed E-state index contributed by atoms with van der Waals surface area (Å²) in [5, 5.41) is 0. The first kappa shape index (κ1) is 11.2. The van der Waals surface area contributed by atoms with E-state index in [4.69, 9.17) is 14.2 Å². The molecule has 2 unspecified atom stereocenters. The Hall–Kier alpha value is -1.65. The summed E-state index contributed by atoms with van der Waals surface area (Å²) in [6, 6.07) is 16.3. The lowest BCUT2D eigenvalue weighted by molar-refractivity contribution is 0.174. The predicted molar refractivity (Wildman–Crippen MR) is 72.5 cm³/mol. The molecular formula is C15H12O3S. The standard InChI is InChI=1S/C15H12O3S/c1-2-4-11(5-3-1)19-15-14(18-15)10-6-7-12-13(8-10)17-9-16-12/h1-8,14-15H,9H2. The normalized spacial score (nSPS) is 23.4. The van der Waals surface area contributed by atoms with Crippen molar-refractivity contribution in [1.29, 1.82) is 0 Å². The quantitative estimate of drug-likeness (QED) is 0.799. The molecule has 0 saturated carbocycles. The lowest BCUT2D eigenvalue weighted by Gasteiger charge is -2.00. The molecule has 2 aliphatic rings. The van der Waals surface area contributed by atoms with E-state index in [0.717, 1.165) is 17.1 Å². The molecule has 0 amide bonds. The van der Waals surface area contributed by atoms with E-state index in [9.17, 15) is 0 Å². The van der Waals surface area contributed by atoms with Crippen LogP contribution in [0, 0.1) is 0 Å². The number of rotatable bonds is 3. The number of hydrogen-bond acceptors (Lipinski definition) is 4. The number of hydrogen-bond donors (Lipinski definition) is 0. The van der Waals surface area contributed by atoms with Gasteiger partial charge in [-0.1, -0.05) is 36.0 Å². The summed E-state index contributed by atoms with van der Waals surface area (Å²) >= 11 is 1.75. The number of fused-ring (bicyclic) bond motifs is 1. The van der Waals surface area contributed by atoms with Crippen LogP contribution in [-0.4, -0.2) is 12.2 Å². The third-order valence-electron chi connectivity index (χ3n) is 3.17. The van der Waals surface area contributed by atoms with Crippen molar-refractivity contribution in [2.24, 2.45) is 0 Å². The molecule has 4 heteroatoms. The molecule has 1 fully saturated rings. The highest BCUT2D eigenvalue weighted by atomic mass is 32.2. The van der Waals surface area contributed by atoms with Crippen LogP contribution in [0.3, 0.4) is 0 Å². The second kappa shape index (κ2) is 4.47. The van der Waals surface area contributed by atoms with Crippen molar-refractivity contribution < 1.29 is 14.2 Å². The minimum atomic E-state index is 0.153. The molecule has 2 atom stereocenters. The van der Waals surface area contributed by atoms with Crippen LogP contribution in [0.1, 0.15) is 11.7 Å². The zero-order valence-corrected chi connectivity index (χ0v) is 10.9. The molecule has 1 saturated heterocycles. The Morgan fingerprint density at radius 1 is 0.947 bits per heavy atom. The first-order valence-electron chi connectivity index (χ1n) is 6.17. The number of ether oxygens (including phenoxy) is 3. The van der Waals surface area contributed by atoms with Gasteiger partial charge in [-0.15, -0.1) is 0 Å². The van der Waals surface area contributed by atoms with Crippen LogP contribution in [0.4, 0.5) is 0 Å². The smallest absolute Gasteiger partial charge is 0.231 e. The van der Waals surface area contributed by atoms with Gasteiger partial charge in [-0.05, 0) is 29.8 Å². The van der Waals surface area contributed by atoms with Gasteiger partial charge in [0.1, 0.15) is 11.5 Å². The molecule has 3 nitrogen and oxygen atoms in total. The van der Waals surface area contributed by atoms with Crippen LogP contribution >= 0.6 is 11.8 Å². The molecule has 2 aromatic rings. The molecule has 0 N–H and O–H groups in total. The minimum absolute atomic E-state index is 0.153. The molecular weight excluding hydrogens is 260 g/mol. The van der Waals surface area contributed by atoms with E-state index < -0.39 is 0 Å². The van der Waals surface area contributed by atoms with Gasteiger partial charge in [0.15, 0.2) is 11.5 Å². The number of epoxide rings is 1. The minimum Gasteiger partial charge on any atom is -0.454 e. The van der Waals surface area contributed by atoms with Crippen molar-refractivity contribution in [2.75, 3.05) is 6.79 Å². The molecule has 0 aromatic heterocycles. The Morgan fingerprint density at radius 2 is 1.79 bits per heavy atom. The van der Waals surface area contributed by atoms with Crippen molar-refractivity contribution in [2.45, 2.75) is 16.4 Å². The largest absolute Gasteiger partial charge is 0.454 e. The Bertz CT molecular complexity index is 600. The zero-order valence-electron chi connectivity index (χ0n) is 10.1. The maximum absolute atomic E-state index is 5.73. The highest BCUT2D eigenvalue weighted by Crippen LogP contribution is 2.49. The van der Waals surface area contributed by atoms with E-state index in [-0.39, 0.29) is 11.5 Å². The van der Waals surface area contributed by atoms with Gasteiger partial charge in [-0.25, -0.2) is 0 Å². The van der Waals surface area contributed by atoms with Crippen molar-refractivity contribution in [1.82, 2.24) is 0 Å². The third-order valence-corrected chi connectivity index (χ3v) is 4.31. The van der Waals surface area contributed by atoms with Crippen LogP contribution in [0.15, 0.2) is 53.4 Å². The van der Waals surface area contributed by atoms with Gasteiger partial charge >= 0.3 is 0 Å². The SMILES string of the molecule is c1ccc(SC2OC2c2ccc3c(c2)OCO3)cc1. The fourth-order valence-electron chi connectivity index (χ4n) is 2.15. The molecule has 0 spiro atoms. The topological polar surface area (TPSA) is 31.0 Å². The van der Waals surface area contributed by atoms with E-state index in [1.807, 2.05) is 36.4 Å². The maximum atomic E-state index is 5.73. The van der Waals surface area contributed by atoms with Crippen LogP contribution in [0.5, 0.6) is 11.5 Å². The zero-order chi connectivity index (χ0) is 12.7. The van der Waals surface area contributed by atoms with Gasteiger partial charge in [0.2, 0.25) is 6.79 Å². The second-order valence-electron chi connectivity index (χ2n) is 4.47. The fraction of sp³-hybridized carbons (Fsp3) is 0.200. The Kier molecular flexibility index (Phi) is 2.64. The van der Waals surface area contributed by atoms with E-state index in [1.165, 1.54) is 4.90 Å². The first-order valence-corrected chi connectivity index (χ1v) is 7.05.